The van der Waals surface area contributed by atoms with E-state index < -0.39 is 0 Å². The van der Waals surface area contributed by atoms with Crippen LogP contribution in [0.4, 0.5) is 17.1 Å². The van der Waals surface area contributed by atoms with Gasteiger partial charge in [-0.2, -0.15) is 0 Å². The minimum Gasteiger partial charge on any atom is -0.311 e. The summed E-state index contributed by atoms with van der Waals surface area (Å²) in [7, 11) is 0. The first-order chi connectivity index (χ1) is 33.8. The zero-order valence-electron chi connectivity index (χ0n) is 41.9. The van der Waals surface area contributed by atoms with E-state index in [9.17, 15) is 0 Å². The van der Waals surface area contributed by atoms with E-state index in [-0.39, 0.29) is 5.41 Å². The molecule has 0 bridgehead atoms. The lowest BCUT2D eigenvalue weighted by Gasteiger charge is -2.39. The summed E-state index contributed by atoms with van der Waals surface area (Å²) in [5.41, 5.74) is 20.8. The van der Waals surface area contributed by atoms with Gasteiger partial charge in [-0.3, -0.25) is 0 Å². The Kier molecular flexibility index (Phi) is 13.5. The molecule has 2 nitrogen and oxygen atoms in total. The summed E-state index contributed by atoms with van der Waals surface area (Å²) in [6.45, 7) is 14.0. The molecule has 0 fully saturated rings. The molecule has 0 saturated carbocycles. The minimum atomic E-state index is 0.0106. The topological polar surface area (TPSA) is 8.17 Å². The van der Waals surface area contributed by atoms with Gasteiger partial charge in [0.25, 0.3) is 0 Å². The summed E-state index contributed by atoms with van der Waals surface area (Å²) in [5.74, 6) is 1.41. The fourth-order valence-corrected chi connectivity index (χ4v) is 11.9. The Morgan fingerprint density at radius 3 is 1.51 bits per heavy atom. The van der Waals surface area contributed by atoms with Gasteiger partial charge in [-0.1, -0.05) is 199 Å². The normalized spacial score (nSPS) is 15.0. The zero-order valence-corrected chi connectivity index (χ0v) is 41.9. The first-order valence-corrected chi connectivity index (χ1v) is 26.2. The smallest absolute Gasteiger partial charge is 0.0541 e. The molecule has 0 saturated heterocycles. The van der Waals surface area contributed by atoms with Gasteiger partial charge >= 0.3 is 0 Å². The van der Waals surface area contributed by atoms with Crippen LogP contribution in [-0.4, -0.2) is 4.57 Å². The van der Waals surface area contributed by atoms with E-state index in [1.165, 1.54) is 136 Å². The second-order valence-corrected chi connectivity index (χ2v) is 20.3. The molecule has 2 heteroatoms. The predicted molar refractivity (Wildman–Crippen MR) is 298 cm³/mol. The summed E-state index contributed by atoms with van der Waals surface area (Å²) < 4.78 is 2.38. The molecule has 2 unspecified atom stereocenters. The summed E-state index contributed by atoms with van der Waals surface area (Å²) in [5, 5.41) is 2.53. The highest BCUT2D eigenvalue weighted by Gasteiger charge is 2.45. The van der Waals surface area contributed by atoms with E-state index in [1.54, 1.807) is 11.1 Å². The Morgan fingerprint density at radius 2 is 0.913 bits per heavy atom. The lowest BCUT2D eigenvalue weighted by molar-refractivity contribution is 0.266. The van der Waals surface area contributed by atoms with Crippen molar-refractivity contribution in [1.29, 1.82) is 0 Å². The van der Waals surface area contributed by atoms with Crippen molar-refractivity contribution < 1.29 is 0 Å². The van der Waals surface area contributed by atoms with E-state index in [0.29, 0.717) is 11.8 Å². The predicted octanol–water partition coefficient (Wildman–Crippen LogP) is 19.7. The highest BCUT2D eigenvalue weighted by Crippen LogP contribution is 2.57. The Labute approximate surface area is 412 Å². The van der Waals surface area contributed by atoms with Crippen LogP contribution in [0, 0.1) is 25.7 Å². The number of nitrogens with zero attached hydrogens (tertiary/aromatic N) is 2. The SMILES string of the molecule is CCCCC(CC)CC1(CC(CC)CCCC)c2cc(C)ccc2-c2ccc(-c3ccc(N(c4ccc(C)cc4)c4ccc(-c5ccc6c(c5)c5ccccc5n6-c5ccccc5)cc4)cc3)cc21. The summed E-state index contributed by atoms with van der Waals surface area (Å²) in [6.07, 6.45) is 12.7. The van der Waals surface area contributed by atoms with E-state index in [1.807, 2.05) is 0 Å². The molecule has 0 amide bonds. The summed E-state index contributed by atoms with van der Waals surface area (Å²) in [4.78, 5) is 2.40. The molecule has 69 heavy (non-hydrogen) atoms. The number of hydrogen-bond donors (Lipinski definition) is 0. The van der Waals surface area contributed by atoms with Crippen molar-refractivity contribution >= 4 is 38.9 Å². The molecule has 0 radical (unpaired) electrons. The first kappa shape index (κ1) is 46.1. The van der Waals surface area contributed by atoms with Gasteiger partial charge in [0.1, 0.15) is 0 Å². The summed E-state index contributed by atoms with van der Waals surface area (Å²) >= 11 is 0. The van der Waals surface area contributed by atoms with Crippen LogP contribution in [0.15, 0.2) is 182 Å². The number of unbranched alkanes of at least 4 members (excludes halogenated alkanes) is 2. The maximum atomic E-state index is 2.62. The fraction of sp³-hybridized carbons (Fsp3) is 0.284. The molecule has 8 aromatic carbocycles. The third kappa shape index (κ3) is 8.96. The molecule has 348 valence electrons. The van der Waals surface area contributed by atoms with Crippen LogP contribution in [0.5, 0.6) is 0 Å². The number of anilines is 3. The molecule has 2 atom stereocenters. The van der Waals surface area contributed by atoms with Gasteiger partial charge in [-0.15, -0.1) is 0 Å². The van der Waals surface area contributed by atoms with Gasteiger partial charge in [0, 0.05) is 38.9 Å². The maximum absolute atomic E-state index is 2.62. The van der Waals surface area contributed by atoms with Crippen LogP contribution < -0.4 is 4.90 Å². The number of fused-ring (bicyclic) bond motifs is 6. The molecule has 1 heterocycles. The molecule has 1 aromatic heterocycles. The second kappa shape index (κ2) is 20.1. The number of hydrogen-bond acceptors (Lipinski definition) is 1. The van der Waals surface area contributed by atoms with Gasteiger partial charge in [0.2, 0.25) is 0 Å². The molecular weight excluding hydrogens is 833 g/mol. The zero-order chi connectivity index (χ0) is 47.5. The van der Waals surface area contributed by atoms with Gasteiger partial charge in [0.15, 0.2) is 0 Å². The van der Waals surface area contributed by atoms with E-state index in [2.05, 4.69) is 233 Å². The minimum absolute atomic E-state index is 0.0106. The van der Waals surface area contributed by atoms with Crippen molar-refractivity contribution in [1.82, 2.24) is 4.57 Å². The number of para-hydroxylation sites is 2. The molecule has 0 aliphatic heterocycles. The average molecular weight is 903 g/mol. The Morgan fingerprint density at radius 1 is 0.435 bits per heavy atom. The fourth-order valence-electron chi connectivity index (χ4n) is 11.9. The highest BCUT2D eigenvalue weighted by atomic mass is 15.1. The number of aryl methyl sites for hydroxylation is 2. The quantitative estimate of drug-likeness (QED) is 0.0833. The van der Waals surface area contributed by atoms with Crippen molar-refractivity contribution in [3.63, 3.8) is 0 Å². The van der Waals surface area contributed by atoms with Crippen LogP contribution in [0.25, 0.3) is 60.9 Å². The van der Waals surface area contributed by atoms with Crippen molar-refractivity contribution in [3.8, 4) is 39.1 Å². The molecule has 1 aliphatic rings. The van der Waals surface area contributed by atoms with Crippen molar-refractivity contribution in [2.75, 3.05) is 4.90 Å². The standard InChI is InChI=1S/C67H70N2/c1-7-11-18-49(9-3)45-67(46-50(10-4)19-12-8-2)63-42-48(6)26-39-59(63)60-40-31-54(44-64(60)67)52-29-37-58(38-30-52)68(56-33-24-47(5)25-34-56)57-35-27-51(28-36-57)53-32-41-66-62(43-53)61-22-16-17-23-65(61)69(66)55-20-14-13-15-21-55/h13-17,20-44,49-50H,7-12,18-19,45-46H2,1-6H3. The van der Waals surface area contributed by atoms with Crippen molar-refractivity contribution in [3.05, 3.63) is 204 Å². The van der Waals surface area contributed by atoms with E-state index >= 15 is 0 Å². The average Bonchev–Trinajstić information content (AvgIpc) is 3.86. The monoisotopic (exact) mass is 903 g/mol. The highest BCUT2D eigenvalue weighted by molar-refractivity contribution is 6.10. The Bertz CT molecular complexity index is 3150. The first-order valence-electron chi connectivity index (χ1n) is 26.2. The second-order valence-electron chi connectivity index (χ2n) is 20.3. The van der Waals surface area contributed by atoms with Gasteiger partial charge in [-0.05, 0) is 156 Å². The maximum Gasteiger partial charge on any atom is 0.0541 e. The van der Waals surface area contributed by atoms with Crippen LogP contribution >= 0.6 is 0 Å². The van der Waals surface area contributed by atoms with Crippen LogP contribution in [-0.2, 0) is 5.41 Å². The Hall–Kier alpha value is -6.64. The molecule has 10 rings (SSSR count). The molecule has 0 N–H and O–H groups in total. The van der Waals surface area contributed by atoms with Crippen LogP contribution in [0.3, 0.4) is 0 Å². The van der Waals surface area contributed by atoms with Gasteiger partial charge in [-0.25, -0.2) is 0 Å². The number of rotatable bonds is 18. The number of benzene rings is 8. The van der Waals surface area contributed by atoms with Crippen LogP contribution in [0.1, 0.15) is 114 Å². The number of aromatic nitrogens is 1. The molecule has 9 aromatic rings. The van der Waals surface area contributed by atoms with Crippen molar-refractivity contribution in [2.45, 2.75) is 111 Å². The van der Waals surface area contributed by atoms with E-state index in [4.69, 9.17) is 0 Å². The lowest BCUT2D eigenvalue weighted by Crippen LogP contribution is -2.31. The van der Waals surface area contributed by atoms with Gasteiger partial charge in [0.05, 0.1) is 11.0 Å². The third-order valence-corrected chi connectivity index (χ3v) is 15.8. The third-order valence-electron chi connectivity index (χ3n) is 15.8. The van der Waals surface area contributed by atoms with E-state index in [0.717, 1.165) is 17.1 Å². The van der Waals surface area contributed by atoms with Crippen molar-refractivity contribution in [2.24, 2.45) is 11.8 Å². The summed E-state index contributed by atoms with van der Waals surface area (Å²) in [6, 6.07) is 68.7. The molecule has 0 spiro atoms. The Balaban J connectivity index is 1.01. The largest absolute Gasteiger partial charge is 0.311 e. The molecule has 1 aliphatic carbocycles. The van der Waals surface area contributed by atoms with Gasteiger partial charge < -0.3 is 9.47 Å². The lowest BCUT2D eigenvalue weighted by atomic mass is 9.65. The van der Waals surface area contributed by atoms with Crippen LogP contribution in [0.2, 0.25) is 0 Å². The molecular formula is C67H70N2.